The lowest BCUT2D eigenvalue weighted by atomic mass is 10.0. The lowest BCUT2D eigenvalue weighted by Gasteiger charge is -2.36. The van der Waals surface area contributed by atoms with Gasteiger partial charge < -0.3 is 90.3 Å². The highest BCUT2D eigenvalue weighted by Crippen LogP contribution is 2.24. The molecule has 0 radical (unpaired) electrons. The quantitative estimate of drug-likeness (QED) is 0.127. The van der Waals surface area contributed by atoms with Crippen LogP contribution in [0.5, 0.6) is 0 Å². The molecule has 7 saturated heterocycles. The molecule has 0 bridgehead atoms. The van der Waals surface area contributed by atoms with Gasteiger partial charge in [-0.2, -0.15) is 0 Å². The minimum atomic E-state index is -0.953. The maximum absolute atomic E-state index is 11.9. The molecule has 7 heterocycles. The van der Waals surface area contributed by atoms with Crippen molar-refractivity contribution >= 4 is 36.3 Å². The Kier molecular flexibility index (Phi) is 38.7. The molecular formula is C61H120N10O15. The van der Waals surface area contributed by atoms with E-state index in [9.17, 15) is 28.8 Å². The minimum absolute atomic E-state index is 0.0270. The van der Waals surface area contributed by atoms with E-state index in [1.54, 1.807) is 44.8 Å². The number of carbonyl (C=O) groups excluding carboxylic acids is 4. The molecule has 0 saturated carbocycles. The summed E-state index contributed by atoms with van der Waals surface area (Å²) in [6, 6.07) is 0.514. The number of carbonyl (C=O) groups is 6. The number of amides is 4. The summed E-state index contributed by atoms with van der Waals surface area (Å²) >= 11 is 0. The van der Waals surface area contributed by atoms with Crippen LogP contribution in [0.3, 0.4) is 0 Å². The van der Waals surface area contributed by atoms with E-state index < -0.39 is 46.9 Å². The van der Waals surface area contributed by atoms with Crippen molar-refractivity contribution in [2.24, 2.45) is 0 Å². The van der Waals surface area contributed by atoms with Gasteiger partial charge in [0, 0.05) is 117 Å². The molecule has 7 fully saturated rings. The number of ether oxygens (including phenoxy) is 6. The van der Waals surface area contributed by atoms with E-state index in [2.05, 4.69) is 45.7 Å². The number of nitrogens with zero attached hydrogens (tertiary/aromatic N) is 4. The Hall–Kier alpha value is -4.34. The van der Waals surface area contributed by atoms with Gasteiger partial charge in [-0.1, -0.05) is 0 Å². The van der Waals surface area contributed by atoms with Crippen LogP contribution in [0.25, 0.3) is 0 Å². The number of carboxylic acid groups (broad SMARTS) is 2. The lowest BCUT2D eigenvalue weighted by Crippen LogP contribution is -2.52. The number of piperazine rings is 3. The summed E-state index contributed by atoms with van der Waals surface area (Å²) < 4.78 is 31.3. The highest BCUT2D eigenvalue weighted by Gasteiger charge is 2.36. The van der Waals surface area contributed by atoms with Crippen LogP contribution in [0.15, 0.2) is 0 Å². The van der Waals surface area contributed by atoms with Crippen molar-refractivity contribution in [1.29, 1.82) is 0 Å². The maximum Gasteiger partial charge on any atom is 0.411 e. The Bertz CT molecular complexity index is 1890. The number of nitrogens with one attached hydrogen (secondary N) is 6. The van der Waals surface area contributed by atoms with Crippen molar-refractivity contribution in [2.45, 2.75) is 239 Å². The number of aliphatic hydroxyl groups is 1. The first-order chi connectivity index (χ1) is 40.2. The summed E-state index contributed by atoms with van der Waals surface area (Å²) in [6.45, 7) is 39.4. The summed E-state index contributed by atoms with van der Waals surface area (Å²) in [5.74, 6) is -1.73. The van der Waals surface area contributed by atoms with Gasteiger partial charge in [-0.15, -0.1) is 0 Å². The molecule has 86 heavy (non-hydrogen) atoms. The summed E-state index contributed by atoms with van der Waals surface area (Å²) in [6.07, 6.45) is 10.6. The smallest absolute Gasteiger partial charge is 0.411 e. The van der Waals surface area contributed by atoms with Crippen LogP contribution in [0.4, 0.5) is 19.2 Å². The van der Waals surface area contributed by atoms with Crippen LogP contribution >= 0.6 is 0 Å². The third kappa shape index (κ3) is 36.8. The zero-order valence-corrected chi connectivity index (χ0v) is 55.9. The summed E-state index contributed by atoms with van der Waals surface area (Å²) in [4.78, 5) is 75.1. The molecule has 7 atom stereocenters. The van der Waals surface area contributed by atoms with Gasteiger partial charge in [0.15, 0.2) is 0 Å². The molecule has 25 nitrogen and oxygen atoms in total. The second kappa shape index (κ2) is 41.8. The van der Waals surface area contributed by atoms with E-state index in [-0.39, 0.29) is 42.6 Å². The largest absolute Gasteiger partial charge is 0.480 e. The average molecular weight is 1230 g/mol. The number of aliphatic carboxylic acids is 2. The van der Waals surface area contributed by atoms with E-state index in [1.165, 1.54) is 11.3 Å². The zero-order valence-electron chi connectivity index (χ0n) is 55.9. The lowest BCUT2D eigenvalue weighted by molar-refractivity contribution is -0.144. The Balaban J connectivity index is 0.000000510. The molecule has 0 spiro atoms. The van der Waals surface area contributed by atoms with Crippen molar-refractivity contribution in [3.63, 3.8) is 0 Å². The Morgan fingerprint density at radius 1 is 0.442 bits per heavy atom. The molecule has 4 amide bonds. The van der Waals surface area contributed by atoms with E-state index >= 15 is 0 Å². The fourth-order valence-corrected chi connectivity index (χ4v) is 9.75. The topological polar surface area (TPSA) is 304 Å². The van der Waals surface area contributed by atoms with Gasteiger partial charge in [-0.05, 0) is 174 Å². The fourth-order valence-electron chi connectivity index (χ4n) is 9.75. The number of carboxylic acids is 2. The van der Waals surface area contributed by atoms with Crippen molar-refractivity contribution in [1.82, 2.24) is 51.5 Å². The SMILES string of the molecule is CC(C)(C)OC(=O)N1CCCCC1C(=O)O.CC(C)(C)OC(=O)N1CCCCC1CO.CC1CCCCN1C(=O)OC(C)(C)C.CC1CNCCN1.COCC1CCCCN1C(=O)OC(C)(C)C.COCC1CNCCN1.O=C(O)C1CNCCN1. The third-order valence-corrected chi connectivity index (χ3v) is 14.0. The van der Waals surface area contributed by atoms with Gasteiger partial charge in [0.25, 0.3) is 0 Å². The van der Waals surface area contributed by atoms with Crippen molar-refractivity contribution < 1.29 is 72.5 Å². The van der Waals surface area contributed by atoms with Crippen molar-refractivity contribution in [2.75, 3.05) is 119 Å². The number of piperidine rings is 4. The first-order valence-electron chi connectivity index (χ1n) is 31.6. The normalized spacial score (nSPS) is 24.5. The van der Waals surface area contributed by atoms with Crippen LogP contribution in [0.2, 0.25) is 0 Å². The molecule has 0 aliphatic carbocycles. The van der Waals surface area contributed by atoms with Gasteiger partial charge >= 0.3 is 36.3 Å². The first kappa shape index (κ1) is 79.7. The highest BCUT2D eigenvalue weighted by molar-refractivity contribution is 5.80. The predicted octanol–water partition coefficient (Wildman–Crippen LogP) is 6.24. The standard InChI is InChI=1S/C12H23NO3.C11H19NO4.C11H21NO3.C11H21NO2.C6H14N2O.C5H10N2O2.C5H12N2/c1-12(2,3)16-11(14)13-8-6-5-7-10(13)9-15-4;1-11(2,3)16-10(15)12-7-5-4-6-8(12)9(13)14;1-11(2,3)15-10(14)12-7-5-4-6-9(12)8-13;1-9-7-5-6-8-12(9)10(13)14-11(2,3)4;1-9-5-6-4-7-2-3-8-6;8-5(9)4-3-6-1-2-7-4;1-5-4-6-2-3-7-5/h10H,5-9H2,1-4H3;8H,4-7H2,1-3H3,(H,13,14);9,13H,4-8H2,1-3H3;9H,5-8H2,1-4H3;6-8H,2-5H2,1H3;4,6-7H,1-3H2,(H,8,9);5-7H,2-4H2,1H3. The molecular weight excluding hydrogens is 1110 g/mol. The van der Waals surface area contributed by atoms with E-state index in [1.807, 2.05) is 67.2 Å². The number of hydrogen-bond acceptors (Lipinski definition) is 19. The van der Waals surface area contributed by atoms with Crippen molar-refractivity contribution in [3.8, 4) is 0 Å². The Morgan fingerprint density at radius 2 is 0.837 bits per heavy atom. The molecule has 0 aromatic carbocycles. The van der Waals surface area contributed by atoms with Crippen molar-refractivity contribution in [3.05, 3.63) is 0 Å². The molecule has 0 aromatic heterocycles. The van der Waals surface area contributed by atoms with E-state index in [0.29, 0.717) is 50.8 Å². The molecule has 7 aliphatic rings. The summed E-state index contributed by atoms with van der Waals surface area (Å²) in [5.41, 5.74) is -1.85. The molecule has 504 valence electrons. The van der Waals surface area contributed by atoms with Gasteiger partial charge in [0.05, 0.1) is 31.9 Å². The molecule has 7 unspecified atom stereocenters. The Morgan fingerprint density at radius 3 is 1.20 bits per heavy atom. The average Bonchev–Trinajstić information content (AvgIpc) is 2.75. The highest BCUT2D eigenvalue weighted by atomic mass is 16.6. The number of aliphatic hydroxyl groups excluding tert-OH is 1. The first-order valence-corrected chi connectivity index (χ1v) is 31.6. The van der Waals surface area contributed by atoms with Gasteiger partial charge in [-0.25, -0.2) is 24.0 Å². The fraction of sp³-hybridized carbons (Fsp3) is 0.902. The zero-order chi connectivity index (χ0) is 65.1. The number of methoxy groups -OCH3 is 2. The van der Waals surface area contributed by atoms with Crippen LogP contribution in [0, 0.1) is 0 Å². The van der Waals surface area contributed by atoms with Crippen LogP contribution in [0.1, 0.15) is 174 Å². The Labute approximate surface area is 516 Å². The van der Waals surface area contributed by atoms with Gasteiger partial charge in [0.1, 0.15) is 34.5 Å². The third-order valence-electron chi connectivity index (χ3n) is 14.0. The molecule has 0 aromatic rings. The number of hydrogen-bond donors (Lipinski definition) is 9. The maximum atomic E-state index is 11.9. The van der Waals surface area contributed by atoms with Crippen LogP contribution in [-0.4, -0.2) is 255 Å². The predicted molar refractivity (Wildman–Crippen MR) is 334 cm³/mol. The summed E-state index contributed by atoms with van der Waals surface area (Å²) in [7, 11) is 3.40. The monoisotopic (exact) mass is 1230 g/mol. The van der Waals surface area contributed by atoms with E-state index in [0.717, 1.165) is 136 Å². The minimum Gasteiger partial charge on any atom is -0.480 e. The second-order valence-corrected chi connectivity index (χ2v) is 26.7. The van der Waals surface area contributed by atoms with Crippen LogP contribution < -0.4 is 31.9 Å². The number of rotatable bonds is 7. The molecule has 9 N–H and O–H groups in total. The molecule has 25 heteroatoms. The number of likely N-dealkylation sites (tertiary alicyclic amines) is 4. The van der Waals surface area contributed by atoms with E-state index in [4.69, 9.17) is 43.7 Å². The van der Waals surface area contributed by atoms with Gasteiger partial charge in [-0.3, -0.25) is 9.69 Å². The van der Waals surface area contributed by atoms with Crippen LogP contribution in [-0.2, 0) is 38.0 Å². The molecule has 7 aliphatic heterocycles. The molecule has 7 rings (SSSR count). The second-order valence-electron chi connectivity index (χ2n) is 26.7. The van der Waals surface area contributed by atoms with Gasteiger partial charge in [0.2, 0.25) is 0 Å². The summed E-state index contributed by atoms with van der Waals surface area (Å²) in [5, 5.41) is 45.6.